The highest BCUT2D eigenvalue weighted by Crippen LogP contribution is 2.34. The predicted molar refractivity (Wildman–Crippen MR) is 61.8 cm³/mol. The minimum absolute atomic E-state index is 0.690. The van der Waals surface area contributed by atoms with Crippen molar-refractivity contribution in [3.8, 4) is 0 Å². The molecule has 3 rings (SSSR count). The van der Waals surface area contributed by atoms with Crippen LogP contribution in [0.2, 0.25) is 0 Å². The molecule has 3 atom stereocenters. The third-order valence-electron chi connectivity index (χ3n) is 4.69. The van der Waals surface area contributed by atoms with Crippen LogP contribution in [0.4, 0.5) is 0 Å². The second-order valence-electron chi connectivity index (χ2n) is 5.37. The number of hydrogen-bond acceptors (Lipinski definition) is 3. The first kappa shape index (κ1) is 10.1. The lowest BCUT2D eigenvalue weighted by molar-refractivity contribution is 0.149. The van der Waals surface area contributed by atoms with Gasteiger partial charge in [-0.2, -0.15) is 0 Å². The van der Waals surface area contributed by atoms with Crippen LogP contribution in [0.5, 0.6) is 0 Å². The van der Waals surface area contributed by atoms with E-state index in [1.807, 2.05) is 0 Å². The smallest absolute Gasteiger partial charge is 0.0267 e. The molecule has 3 nitrogen and oxygen atoms in total. The summed E-state index contributed by atoms with van der Waals surface area (Å²) in [7, 11) is 0. The van der Waals surface area contributed by atoms with Gasteiger partial charge in [-0.3, -0.25) is 9.80 Å². The van der Waals surface area contributed by atoms with Crippen LogP contribution in [-0.2, 0) is 0 Å². The van der Waals surface area contributed by atoms with Gasteiger partial charge in [0.1, 0.15) is 0 Å². The highest BCUT2D eigenvalue weighted by molar-refractivity contribution is 4.99. The van der Waals surface area contributed by atoms with Gasteiger partial charge < -0.3 is 5.73 Å². The summed E-state index contributed by atoms with van der Waals surface area (Å²) in [5.74, 6) is 0. The molecular weight excluding hydrogens is 186 g/mol. The van der Waals surface area contributed by atoms with Crippen molar-refractivity contribution in [1.29, 1.82) is 0 Å². The predicted octanol–water partition coefficient (Wildman–Crippen LogP) is 0.646. The molecule has 0 saturated carbocycles. The Morgan fingerprint density at radius 2 is 1.80 bits per heavy atom. The standard InChI is InChI=1S/C12H23N3/c13-9-10-3-1-7-15(10)12-5-8-14-6-2-4-11(12)14/h10-12H,1-9,13H2. The number of nitrogens with two attached hydrogens (primary N) is 1. The van der Waals surface area contributed by atoms with Crippen LogP contribution in [0.25, 0.3) is 0 Å². The van der Waals surface area contributed by atoms with Gasteiger partial charge in [0.15, 0.2) is 0 Å². The van der Waals surface area contributed by atoms with Crippen molar-refractivity contribution in [2.24, 2.45) is 5.73 Å². The van der Waals surface area contributed by atoms with Crippen molar-refractivity contribution in [2.75, 3.05) is 26.2 Å². The van der Waals surface area contributed by atoms with Gasteiger partial charge in [0, 0.05) is 31.2 Å². The fraction of sp³-hybridized carbons (Fsp3) is 1.00. The SMILES string of the molecule is NCC1CCCN1C1CCN2CCCC12. The molecule has 3 aliphatic heterocycles. The Morgan fingerprint density at radius 1 is 0.933 bits per heavy atom. The zero-order valence-corrected chi connectivity index (χ0v) is 9.57. The molecule has 0 radical (unpaired) electrons. The third kappa shape index (κ3) is 1.61. The molecule has 15 heavy (non-hydrogen) atoms. The molecule has 3 fully saturated rings. The van der Waals surface area contributed by atoms with Gasteiger partial charge in [-0.25, -0.2) is 0 Å². The quantitative estimate of drug-likeness (QED) is 0.724. The molecule has 3 aliphatic rings. The van der Waals surface area contributed by atoms with Crippen LogP contribution in [0.1, 0.15) is 32.1 Å². The van der Waals surface area contributed by atoms with E-state index in [9.17, 15) is 0 Å². The monoisotopic (exact) mass is 209 g/mol. The highest BCUT2D eigenvalue weighted by atomic mass is 15.3. The van der Waals surface area contributed by atoms with E-state index in [4.69, 9.17) is 5.73 Å². The first-order chi connectivity index (χ1) is 7.40. The van der Waals surface area contributed by atoms with Gasteiger partial charge in [0.05, 0.1) is 0 Å². The van der Waals surface area contributed by atoms with E-state index in [0.717, 1.165) is 18.6 Å². The number of nitrogens with zero attached hydrogens (tertiary/aromatic N) is 2. The van der Waals surface area contributed by atoms with Gasteiger partial charge in [-0.05, 0) is 45.2 Å². The number of fused-ring (bicyclic) bond motifs is 1. The summed E-state index contributed by atoms with van der Waals surface area (Å²) < 4.78 is 0. The first-order valence-corrected chi connectivity index (χ1v) is 6.60. The highest BCUT2D eigenvalue weighted by Gasteiger charge is 2.42. The first-order valence-electron chi connectivity index (χ1n) is 6.60. The molecule has 3 heteroatoms. The summed E-state index contributed by atoms with van der Waals surface area (Å²) in [4.78, 5) is 5.44. The van der Waals surface area contributed by atoms with Crippen LogP contribution in [0.15, 0.2) is 0 Å². The summed E-state index contributed by atoms with van der Waals surface area (Å²) >= 11 is 0. The molecule has 0 bridgehead atoms. The number of likely N-dealkylation sites (tertiary alicyclic amines) is 1. The van der Waals surface area contributed by atoms with Crippen LogP contribution >= 0.6 is 0 Å². The van der Waals surface area contributed by atoms with Gasteiger partial charge >= 0.3 is 0 Å². The molecule has 3 heterocycles. The minimum Gasteiger partial charge on any atom is -0.329 e. The lowest BCUT2D eigenvalue weighted by Gasteiger charge is -2.33. The summed E-state index contributed by atoms with van der Waals surface area (Å²) in [6.07, 6.45) is 6.94. The molecule has 0 aromatic rings. The summed E-state index contributed by atoms with van der Waals surface area (Å²) in [6.45, 7) is 4.85. The second kappa shape index (κ2) is 4.04. The fourth-order valence-corrected chi connectivity index (χ4v) is 3.99. The normalized spacial score (nSPS) is 42.6. The van der Waals surface area contributed by atoms with E-state index in [-0.39, 0.29) is 0 Å². The van der Waals surface area contributed by atoms with Crippen molar-refractivity contribution >= 4 is 0 Å². The zero-order valence-electron chi connectivity index (χ0n) is 9.57. The lowest BCUT2D eigenvalue weighted by Crippen LogP contribution is -2.47. The zero-order chi connectivity index (χ0) is 10.3. The summed E-state index contributed by atoms with van der Waals surface area (Å²) in [5.41, 5.74) is 5.87. The van der Waals surface area contributed by atoms with E-state index in [1.54, 1.807) is 0 Å². The summed E-state index contributed by atoms with van der Waals surface area (Å²) in [5, 5.41) is 0. The molecule has 2 N–H and O–H groups in total. The maximum absolute atomic E-state index is 5.87. The molecule has 0 spiro atoms. The molecule has 0 aromatic carbocycles. The van der Waals surface area contributed by atoms with Crippen molar-refractivity contribution in [3.63, 3.8) is 0 Å². The van der Waals surface area contributed by atoms with Crippen LogP contribution in [0, 0.1) is 0 Å². The van der Waals surface area contributed by atoms with Gasteiger partial charge in [0.2, 0.25) is 0 Å². The maximum Gasteiger partial charge on any atom is 0.0267 e. The van der Waals surface area contributed by atoms with Crippen LogP contribution in [0.3, 0.4) is 0 Å². The molecule has 86 valence electrons. The largest absolute Gasteiger partial charge is 0.329 e. The topological polar surface area (TPSA) is 32.5 Å². The molecule has 0 aliphatic carbocycles. The fourth-order valence-electron chi connectivity index (χ4n) is 3.99. The average molecular weight is 209 g/mol. The average Bonchev–Trinajstić information content (AvgIpc) is 2.92. The Kier molecular flexibility index (Phi) is 2.71. The lowest BCUT2D eigenvalue weighted by atomic mass is 10.0. The Balaban J connectivity index is 1.71. The van der Waals surface area contributed by atoms with Crippen LogP contribution < -0.4 is 5.73 Å². The Hall–Kier alpha value is -0.120. The van der Waals surface area contributed by atoms with E-state index in [1.165, 1.54) is 51.7 Å². The van der Waals surface area contributed by atoms with Crippen molar-refractivity contribution < 1.29 is 0 Å². The van der Waals surface area contributed by atoms with Crippen molar-refractivity contribution in [3.05, 3.63) is 0 Å². The second-order valence-corrected chi connectivity index (χ2v) is 5.37. The Bertz CT molecular complexity index is 231. The van der Waals surface area contributed by atoms with E-state index in [0.29, 0.717) is 6.04 Å². The Labute approximate surface area is 92.6 Å². The van der Waals surface area contributed by atoms with Crippen LogP contribution in [-0.4, -0.2) is 54.1 Å². The van der Waals surface area contributed by atoms with Crippen molar-refractivity contribution in [2.45, 2.75) is 50.2 Å². The molecule has 3 saturated heterocycles. The third-order valence-corrected chi connectivity index (χ3v) is 4.69. The molecule has 0 aromatic heterocycles. The Morgan fingerprint density at radius 3 is 2.67 bits per heavy atom. The van der Waals surface area contributed by atoms with E-state index < -0.39 is 0 Å². The van der Waals surface area contributed by atoms with Gasteiger partial charge in [0.25, 0.3) is 0 Å². The molecule has 0 amide bonds. The van der Waals surface area contributed by atoms with Gasteiger partial charge in [-0.1, -0.05) is 0 Å². The minimum atomic E-state index is 0.690. The van der Waals surface area contributed by atoms with Gasteiger partial charge in [-0.15, -0.1) is 0 Å². The molecular formula is C12H23N3. The maximum atomic E-state index is 5.87. The van der Waals surface area contributed by atoms with Crippen molar-refractivity contribution in [1.82, 2.24) is 9.80 Å². The summed E-state index contributed by atoms with van der Waals surface area (Å²) in [6, 6.07) is 2.40. The van der Waals surface area contributed by atoms with E-state index >= 15 is 0 Å². The number of rotatable bonds is 2. The number of hydrogen-bond donors (Lipinski definition) is 1. The molecule has 3 unspecified atom stereocenters. The van der Waals surface area contributed by atoms with E-state index in [2.05, 4.69) is 9.80 Å².